The van der Waals surface area contributed by atoms with Gasteiger partial charge in [0.25, 0.3) is 0 Å². The summed E-state index contributed by atoms with van der Waals surface area (Å²) in [6.07, 6.45) is 4.62. The largest absolute Gasteiger partial charge is 0.398 e. The van der Waals surface area contributed by atoms with Gasteiger partial charge in [0.05, 0.1) is 11.2 Å². The van der Waals surface area contributed by atoms with Crippen LogP contribution < -0.4 is 5.73 Å². The first kappa shape index (κ1) is 13.3. The standard InChI is InChI=1S/C20H20N2/c21-19-16-11-6-7-13-18(16)22-20-15(10-4-5-12-17(19)20)14-8-2-1-3-9-14/h1-3,6-9,11,13,15H,4-5,10,12H2,(H2,21,22). The summed E-state index contributed by atoms with van der Waals surface area (Å²) in [6.45, 7) is 0. The van der Waals surface area contributed by atoms with Crippen molar-refractivity contribution in [1.82, 2.24) is 4.98 Å². The number of nitrogens with two attached hydrogens (primary N) is 1. The summed E-state index contributed by atoms with van der Waals surface area (Å²) in [5, 5.41) is 1.09. The highest BCUT2D eigenvalue weighted by Gasteiger charge is 2.24. The van der Waals surface area contributed by atoms with Crippen molar-refractivity contribution in [2.24, 2.45) is 0 Å². The van der Waals surface area contributed by atoms with Gasteiger partial charge in [-0.2, -0.15) is 0 Å². The van der Waals surface area contributed by atoms with Crippen molar-refractivity contribution in [3.8, 4) is 0 Å². The molecule has 0 saturated carbocycles. The maximum atomic E-state index is 6.51. The number of hydrogen-bond donors (Lipinski definition) is 1. The van der Waals surface area contributed by atoms with Crippen molar-refractivity contribution in [2.75, 3.05) is 5.73 Å². The van der Waals surface area contributed by atoms with Crippen LogP contribution in [-0.4, -0.2) is 4.98 Å². The summed E-state index contributed by atoms with van der Waals surface area (Å²) in [4.78, 5) is 5.01. The van der Waals surface area contributed by atoms with E-state index in [0.29, 0.717) is 5.92 Å². The summed E-state index contributed by atoms with van der Waals surface area (Å²) in [5.74, 6) is 0.366. The average molecular weight is 288 g/mol. The van der Waals surface area contributed by atoms with Gasteiger partial charge in [-0.15, -0.1) is 0 Å². The lowest BCUT2D eigenvalue weighted by molar-refractivity contribution is 0.651. The van der Waals surface area contributed by atoms with Crippen LogP contribution in [-0.2, 0) is 6.42 Å². The zero-order chi connectivity index (χ0) is 14.9. The Balaban J connectivity index is 1.96. The van der Waals surface area contributed by atoms with Crippen molar-refractivity contribution < 1.29 is 0 Å². The molecule has 1 heterocycles. The quantitative estimate of drug-likeness (QED) is 0.661. The maximum Gasteiger partial charge on any atom is 0.0726 e. The number of aromatic nitrogens is 1. The maximum absolute atomic E-state index is 6.51. The van der Waals surface area contributed by atoms with Crippen LogP contribution in [0.3, 0.4) is 0 Å². The molecule has 1 atom stereocenters. The molecule has 3 aromatic rings. The summed E-state index contributed by atoms with van der Waals surface area (Å²) in [7, 11) is 0. The lowest BCUT2D eigenvalue weighted by atomic mass is 9.89. The number of rotatable bonds is 1. The second-order valence-electron chi connectivity index (χ2n) is 6.12. The van der Waals surface area contributed by atoms with Crippen LogP contribution in [0.1, 0.15) is 42.0 Å². The summed E-state index contributed by atoms with van der Waals surface area (Å²) in [5.41, 5.74) is 12.3. The molecule has 1 aliphatic rings. The third kappa shape index (κ3) is 2.16. The topological polar surface area (TPSA) is 38.9 Å². The van der Waals surface area contributed by atoms with Gasteiger partial charge in [0.2, 0.25) is 0 Å². The molecular weight excluding hydrogens is 268 g/mol. The van der Waals surface area contributed by atoms with E-state index in [9.17, 15) is 0 Å². The SMILES string of the molecule is Nc1c2c(nc3ccccc13)C(c1ccccc1)CCCC2. The number of hydrogen-bond acceptors (Lipinski definition) is 2. The van der Waals surface area contributed by atoms with Crippen LogP contribution in [0.2, 0.25) is 0 Å². The molecule has 4 rings (SSSR count). The number of pyridine rings is 1. The van der Waals surface area contributed by atoms with E-state index in [-0.39, 0.29) is 0 Å². The van der Waals surface area contributed by atoms with Crippen molar-refractivity contribution in [3.05, 3.63) is 71.4 Å². The molecule has 110 valence electrons. The van der Waals surface area contributed by atoms with E-state index in [1.54, 1.807) is 0 Å². The van der Waals surface area contributed by atoms with Gasteiger partial charge in [-0.1, -0.05) is 55.0 Å². The minimum atomic E-state index is 0.366. The van der Waals surface area contributed by atoms with E-state index in [2.05, 4.69) is 42.5 Å². The van der Waals surface area contributed by atoms with E-state index in [4.69, 9.17) is 10.7 Å². The predicted octanol–water partition coefficient (Wildman–Crippen LogP) is 4.68. The first-order valence-corrected chi connectivity index (χ1v) is 8.06. The molecular formula is C20H20N2. The Bertz CT molecular complexity index is 809. The van der Waals surface area contributed by atoms with E-state index in [1.807, 2.05) is 12.1 Å². The van der Waals surface area contributed by atoms with Crippen molar-refractivity contribution in [2.45, 2.75) is 31.6 Å². The highest BCUT2D eigenvalue weighted by molar-refractivity contribution is 5.92. The van der Waals surface area contributed by atoms with Crippen LogP contribution in [0.4, 0.5) is 5.69 Å². The molecule has 1 aromatic heterocycles. The summed E-state index contributed by atoms with van der Waals surface area (Å²) >= 11 is 0. The van der Waals surface area contributed by atoms with Crippen molar-refractivity contribution in [1.29, 1.82) is 0 Å². The Kier molecular flexibility index (Phi) is 3.30. The Morgan fingerprint density at radius 1 is 0.909 bits per heavy atom. The van der Waals surface area contributed by atoms with Gasteiger partial charge in [-0.3, -0.25) is 4.98 Å². The fraction of sp³-hybridized carbons (Fsp3) is 0.250. The number of anilines is 1. The molecule has 0 fully saturated rings. The van der Waals surface area contributed by atoms with Crippen LogP contribution in [0.5, 0.6) is 0 Å². The van der Waals surface area contributed by atoms with Gasteiger partial charge in [0.1, 0.15) is 0 Å². The first-order valence-electron chi connectivity index (χ1n) is 8.06. The number of fused-ring (bicyclic) bond motifs is 2. The zero-order valence-corrected chi connectivity index (χ0v) is 12.6. The van der Waals surface area contributed by atoms with Gasteiger partial charge in [0, 0.05) is 17.0 Å². The predicted molar refractivity (Wildman–Crippen MR) is 92.0 cm³/mol. The van der Waals surface area contributed by atoms with Gasteiger partial charge in [0.15, 0.2) is 0 Å². The van der Waals surface area contributed by atoms with Gasteiger partial charge < -0.3 is 5.73 Å². The Morgan fingerprint density at radius 3 is 2.55 bits per heavy atom. The third-order valence-electron chi connectivity index (χ3n) is 4.77. The van der Waals surface area contributed by atoms with E-state index < -0.39 is 0 Å². The fourth-order valence-electron chi connectivity index (χ4n) is 3.64. The van der Waals surface area contributed by atoms with Crippen LogP contribution in [0, 0.1) is 0 Å². The molecule has 0 radical (unpaired) electrons. The number of para-hydroxylation sites is 1. The van der Waals surface area contributed by atoms with Gasteiger partial charge in [-0.05, 0) is 36.5 Å². The number of nitrogens with zero attached hydrogens (tertiary/aromatic N) is 1. The molecule has 0 amide bonds. The monoisotopic (exact) mass is 288 g/mol. The molecule has 1 aliphatic carbocycles. The summed E-state index contributed by atoms with van der Waals surface area (Å²) < 4.78 is 0. The lowest BCUT2D eigenvalue weighted by Gasteiger charge is -2.19. The first-order chi connectivity index (χ1) is 10.8. The lowest BCUT2D eigenvalue weighted by Crippen LogP contribution is -2.08. The highest BCUT2D eigenvalue weighted by atomic mass is 14.7. The van der Waals surface area contributed by atoms with Crippen molar-refractivity contribution >= 4 is 16.6 Å². The molecule has 0 bridgehead atoms. The van der Waals surface area contributed by atoms with Gasteiger partial charge in [-0.25, -0.2) is 0 Å². The normalized spacial score (nSPS) is 17.9. The molecule has 0 aliphatic heterocycles. The highest BCUT2D eigenvalue weighted by Crippen LogP contribution is 2.38. The van der Waals surface area contributed by atoms with E-state index in [1.165, 1.54) is 29.7 Å². The molecule has 2 N–H and O–H groups in total. The zero-order valence-electron chi connectivity index (χ0n) is 12.6. The third-order valence-corrected chi connectivity index (χ3v) is 4.77. The molecule has 2 nitrogen and oxygen atoms in total. The fourth-order valence-corrected chi connectivity index (χ4v) is 3.64. The van der Waals surface area contributed by atoms with Crippen LogP contribution in [0.15, 0.2) is 54.6 Å². The van der Waals surface area contributed by atoms with Gasteiger partial charge >= 0.3 is 0 Å². The molecule has 2 heteroatoms. The van der Waals surface area contributed by atoms with Crippen LogP contribution in [0.25, 0.3) is 10.9 Å². The Labute approximate surface area is 131 Å². The molecule has 2 aromatic carbocycles. The smallest absolute Gasteiger partial charge is 0.0726 e. The Hall–Kier alpha value is -2.35. The molecule has 22 heavy (non-hydrogen) atoms. The molecule has 1 unspecified atom stereocenters. The number of benzene rings is 2. The second-order valence-corrected chi connectivity index (χ2v) is 6.12. The molecule has 0 spiro atoms. The average Bonchev–Trinajstić information content (AvgIpc) is 2.79. The van der Waals surface area contributed by atoms with Crippen LogP contribution >= 0.6 is 0 Å². The van der Waals surface area contributed by atoms with E-state index >= 15 is 0 Å². The summed E-state index contributed by atoms with van der Waals surface area (Å²) in [6, 6.07) is 19.0. The Morgan fingerprint density at radius 2 is 1.68 bits per heavy atom. The second kappa shape index (κ2) is 5.45. The number of nitrogen functional groups attached to an aromatic ring is 1. The van der Waals surface area contributed by atoms with Crippen molar-refractivity contribution in [3.63, 3.8) is 0 Å². The minimum absolute atomic E-state index is 0.366. The molecule has 0 saturated heterocycles. The minimum Gasteiger partial charge on any atom is -0.398 e. The van der Waals surface area contributed by atoms with E-state index in [0.717, 1.165) is 29.4 Å².